The predicted octanol–water partition coefficient (Wildman–Crippen LogP) is 3.74. The Morgan fingerprint density at radius 2 is 2.00 bits per heavy atom. The van der Waals surface area contributed by atoms with Gasteiger partial charge in [0.15, 0.2) is 0 Å². The van der Waals surface area contributed by atoms with E-state index in [-0.39, 0.29) is 11.4 Å². The summed E-state index contributed by atoms with van der Waals surface area (Å²) in [6, 6.07) is 9.27. The monoisotopic (exact) mass is 413 g/mol. The third-order valence-corrected chi connectivity index (χ3v) is 4.41. The van der Waals surface area contributed by atoms with Gasteiger partial charge in [-0.1, -0.05) is 12.1 Å². The molecule has 0 atom stereocenters. The number of hydrogen-bond acceptors (Lipinski definition) is 5. The Hall–Kier alpha value is -2.16. The zero-order valence-corrected chi connectivity index (χ0v) is 14.0. The predicted molar refractivity (Wildman–Crippen MR) is 88.5 cm³/mol. The first-order chi connectivity index (χ1) is 10.4. The highest BCUT2D eigenvalue weighted by molar-refractivity contribution is 14.1. The van der Waals surface area contributed by atoms with Gasteiger partial charge in [-0.15, -0.1) is 0 Å². The summed E-state index contributed by atoms with van der Waals surface area (Å²) in [4.78, 5) is 22.7. The molecule has 0 bridgehead atoms. The number of nitro benzene ring substituents is 1. The first-order valence-electron chi connectivity index (χ1n) is 6.23. The lowest BCUT2D eigenvalue weighted by Crippen LogP contribution is -2.12. The number of methoxy groups -OCH3 is 1. The van der Waals surface area contributed by atoms with E-state index in [9.17, 15) is 14.9 Å². The lowest BCUT2D eigenvalue weighted by Gasteiger charge is -2.08. The molecule has 0 spiro atoms. The average molecular weight is 413 g/mol. The molecule has 114 valence electrons. The van der Waals surface area contributed by atoms with Crippen molar-refractivity contribution in [3.05, 3.63) is 61.2 Å². The molecule has 0 amide bonds. The van der Waals surface area contributed by atoms with Gasteiger partial charge in [-0.25, -0.2) is 4.79 Å². The second kappa shape index (κ2) is 6.73. The maximum atomic E-state index is 12.2. The molecule has 2 rings (SSSR count). The molecule has 0 unspecified atom stereocenters. The number of esters is 1. The van der Waals surface area contributed by atoms with E-state index in [1.807, 2.05) is 35.6 Å². The van der Waals surface area contributed by atoms with Crippen molar-refractivity contribution in [2.45, 2.75) is 6.92 Å². The van der Waals surface area contributed by atoms with Crippen LogP contribution in [0.1, 0.15) is 15.9 Å². The summed E-state index contributed by atoms with van der Waals surface area (Å²) in [7, 11) is 1.40. The van der Waals surface area contributed by atoms with Crippen LogP contribution in [0.3, 0.4) is 0 Å². The molecule has 2 aromatic rings. The topological polar surface area (TPSA) is 78.7 Å². The molecule has 6 nitrogen and oxygen atoms in total. The van der Waals surface area contributed by atoms with Crippen LogP contribution < -0.4 is 9.47 Å². The Balaban J connectivity index is 2.36. The minimum atomic E-state index is -0.638. The molecular weight excluding hydrogens is 401 g/mol. The Bertz CT molecular complexity index is 745. The molecule has 0 saturated carbocycles. The lowest BCUT2D eigenvalue weighted by atomic mass is 10.1. The molecule has 0 aliphatic heterocycles. The van der Waals surface area contributed by atoms with Crippen LogP contribution in [0, 0.1) is 20.6 Å². The van der Waals surface area contributed by atoms with Gasteiger partial charge in [0, 0.05) is 3.57 Å². The summed E-state index contributed by atoms with van der Waals surface area (Å²) in [6.45, 7) is 1.87. The quantitative estimate of drug-likeness (QED) is 0.251. The third kappa shape index (κ3) is 3.35. The summed E-state index contributed by atoms with van der Waals surface area (Å²) in [5.74, 6) is -0.439. The molecule has 7 heteroatoms. The Morgan fingerprint density at radius 1 is 1.27 bits per heavy atom. The molecule has 0 aliphatic carbocycles. The van der Waals surface area contributed by atoms with Crippen molar-refractivity contribution in [3.8, 4) is 11.5 Å². The summed E-state index contributed by atoms with van der Waals surface area (Å²) in [5, 5.41) is 11.1. The van der Waals surface area contributed by atoms with Gasteiger partial charge < -0.3 is 9.47 Å². The summed E-state index contributed by atoms with van der Waals surface area (Å²) in [5.41, 5.74) is 0.973. The fourth-order valence-electron chi connectivity index (χ4n) is 1.81. The SMILES string of the molecule is COc1ccc(OC(=O)c2cccc(C)c2I)c([N+](=O)[O-])c1. The minimum Gasteiger partial charge on any atom is -0.496 e. The smallest absolute Gasteiger partial charge is 0.344 e. The first kappa shape index (κ1) is 16.2. The van der Waals surface area contributed by atoms with Gasteiger partial charge in [0.25, 0.3) is 0 Å². The van der Waals surface area contributed by atoms with E-state index in [4.69, 9.17) is 9.47 Å². The lowest BCUT2D eigenvalue weighted by molar-refractivity contribution is -0.385. The number of carbonyl (C=O) groups excluding carboxylic acids is 1. The van der Waals surface area contributed by atoms with Gasteiger partial charge in [-0.05, 0) is 53.3 Å². The van der Waals surface area contributed by atoms with Crippen LogP contribution in [-0.2, 0) is 0 Å². The van der Waals surface area contributed by atoms with Crippen LogP contribution in [0.2, 0.25) is 0 Å². The Morgan fingerprint density at radius 3 is 2.64 bits per heavy atom. The van der Waals surface area contributed by atoms with Crippen molar-refractivity contribution in [1.82, 2.24) is 0 Å². The van der Waals surface area contributed by atoms with Crippen molar-refractivity contribution in [2.75, 3.05) is 7.11 Å². The normalized spacial score (nSPS) is 10.1. The summed E-state index contributed by atoms with van der Waals surface area (Å²) in [6.07, 6.45) is 0. The number of rotatable bonds is 4. The molecule has 2 aromatic carbocycles. The van der Waals surface area contributed by atoms with Crippen LogP contribution in [0.5, 0.6) is 11.5 Å². The largest absolute Gasteiger partial charge is 0.496 e. The van der Waals surface area contributed by atoms with Gasteiger partial charge in [0.1, 0.15) is 5.75 Å². The molecule has 22 heavy (non-hydrogen) atoms. The van der Waals surface area contributed by atoms with E-state index < -0.39 is 10.9 Å². The van der Waals surface area contributed by atoms with E-state index in [1.165, 1.54) is 25.3 Å². The Labute approximate surface area is 140 Å². The highest BCUT2D eigenvalue weighted by atomic mass is 127. The zero-order valence-electron chi connectivity index (χ0n) is 11.8. The molecule has 0 fully saturated rings. The number of benzene rings is 2. The highest BCUT2D eigenvalue weighted by Crippen LogP contribution is 2.32. The zero-order chi connectivity index (χ0) is 16.3. The minimum absolute atomic E-state index is 0.117. The van der Waals surface area contributed by atoms with Gasteiger partial charge in [-0.2, -0.15) is 0 Å². The van der Waals surface area contributed by atoms with Crippen LogP contribution in [0.25, 0.3) is 0 Å². The van der Waals surface area contributed by atoms with Crippen molar-refractivity contribution in [2.24, 2.45) is 0 Å². The van der Waals surface area contributed by atoms with E-state index in [2.05, 4.69) is 0 Å². The standard InChI is InChI=1S/C15H12INO5/c1-9-4-3-5-11(14(9)16)15(18)22-13-7-6-10(21-2)8-12(13)17(19)20/h3-8H,1-2H3. The van der Waals surface area contributed by atoms with E-state index in [0.717, 1.165) is 9.13 Å². The molecule has 0 aliphatic rings. The van der Waals surface area contributed by atoms with Gasteiger partial charge in [0.05, 0.1) is 23.7 Å². The fourth-order valence-corrected chi connectivity index (χ4v) is 2.39. The third-order valence-electron chi connectivity index (χ3n) is 2.98. The van der Waals surface area contributed by atoms with Gasteiger partial charge in [0.2, 0.25) is 5.75 Å². The van der Waals surface area contributed by atoms with Gasteiger partial charge in [-0.3, -0.25) is 10.1 Å². The van der Waals surface area contributed by atoms with E-state index in [0.29, 0.717) is 11.3 Å². The second-order valence-corrected chi connectivity index (χ2v) is 5.50. The highest BCUT2D eigenvalue weighted by Gasteiger charge is 2.21. The Kier molecular flexibility index (Phi) is 4.96. The average Bonchev–Trinajstić information content (AvgIpc) is 2.50. The number of aryl methyl sites for hydroxylation is 1. The van der Waals surface area contributed by atoms with E-state index in [1.54, 1.807) is 12.1 Å². The number of nitro groups is 1. The molecule has 0 saturated heterocycles. The summed E-state index contributed by atoms with van der Waals surface area (Å²) < 4.78 is 10.9. The molecule has 0 aromatic heterocycles. The van der Waals surface area contributed by atoms with E-state index >= 15 is 0 Å². The maximum absolute atomic E-state index is 12.2. The molecule has 0 N–H and O–H groups in total. The van der Waals surface area contributed by atoms with Crippen molar-refractivity contribution >= 4 is 34.2 Å². The number of nitrogens with zero attached hydrogens (tertiary/aromatic N) is 1. The van der Waals surface area contributed by atoms with Crippen molar-refractivity contribution in [1.29, 1.82) is 0 Å². The van der Waals surface area contributed by atoms with Crippen LogP contribution >= 0.6 is 22.6 Å². The first-order valence-corrected chi connectivity index (χ1v) is 7.31. The van der Waals surface area contributed by atoms with Crippen LogP contribution in [0.4, 0.5) is 5.69 Å². The number of carbonyl (C=O) groups is 1. The number of halogens is 1. The van der Waals surface area contributed by atoms with Crippen molar-refractivity contribution in [3.63, 3.8) is 0 Å². The number of hydrogen-bond donors (Lipinski definition) is 0. The second-order valence-electron chi connectivity index (χ2n) is 4.42. The van der Waals surface area contributed by atoms with Crippen LogP contribution in [0.15, 0.2) is 36.4 Å². The van der Waals surface area contributed by atoms with Gasteiger partial charge >= 0.3 is 11.7 Å². The maximum Gasteiger partial charge on any atom is 0.344 e. The van der Waals surface area contributed by atoms with Crippen LogP contribution in [-0.4, -0.2) is 18.0 Å². The molecule has 0 heterocycles. The molecule has 0 radical (unpaired) electrons. The fraction of sp³-hybridized carbons (Fsp3) is 0.133. The van der Waals surface area contributed by atoms with Crippen molar-refractivity contribution < 1.29 is 19.2 Å². The number of ether oxygens (including phenoxy) is 2. The molecular formula is C15H12INO5. The summed E-state index contributed by atoms with van der Waals surface area (Å²) >= 11 is 2.04.